The van der Waals surface area contributed by atoms with Crippen LogP contribution >= 0.6 is 11.9 Å². The van der Waals surface area contributed by atoms with Crippen molar-refractivity contribution in [1.82, 2.24) is 13.9 Å². The van der Waals surface area contributed by atoms with Crippen LogP contribution in [0.3, 0.4) is 0 Å². The van der Waals surface area contributed by atoms with E-state index in [0.717, 1.165) is 9.54 Å². The zero-order valence-corrected chi connectivity index (χ0v) is 16.7. The maximum absolute atomic E-state index is 12.9. The molecule has 0 aliphatic carbocycles. The van der Waals surface area contributed by atoms with E-state index < -0.39 is 10.0 Å². The minimum absolute atomic E-state index is 0.0134. The second kappa shape index (κ2) is 6.85. The molecular formula is C18H20N4O2S2. The number of nitrogens with zero attached hydrogens (tertiary/aromatic N) is 4. The Bertz CT molecular complexity index is 1060. The fraction of sp³-hybridized carbons (Fsp3) is 0.278. The molecule has 0 saturated heterocycles. The number of fused-ring (bicyclic) bond motifs is 1. The Balaban J connectivity index is 1.95. The van der Waals surface area contributed by atoms with E-state index in [-0.39, 0.29) is 9.64 Å². The monoisotopic (exact) mass is 388 g/mol. The molecule has 136 valence electrons. The number of benzene rings is 1. The molecule has 2 aromatic heterocycles. The molecule has 0 unspecified atom stereocenters. The van der Waals surface area contributed by atoms with E-state index in [1.807, 2.05) is 6.92 Å². The molecule has 6 nitrogen and oxygen atoms in total. The molecule has 0 saturated carbocycles. The lowest BCUT2D eigenvalue weighted by Crippen LogP contribution is -2.12. The van der Waals surface area contributed by atoms with Gasteiger partial charge in [0.15, 0.2) is 5.65 Å². The first kappa shape index (κ1) is 18.6. The van der Waals surface area contributed by atoms with Crippen LogP contribution in [0.25, 0.3) is 11.2 Å². The van der Waals surface area contributed by atoms with Crippen molar-refractivity contribution in [2.75, 3.05) is 0 Å². The molecule has 3 rings (SSSR count). The molecule has 0 amide bonds. The van der Waals surface area contributed by atoms with Crippen molar-refractivity contribution in [2.24, 2.45) is 4.40 Å². The standard InChI is InChI=1S/C18H20N4O2S2/c1-13-5-7-15(8-6-13)26(23,24)22-10-9-16-17(22)19-11-14(21-16)12-20-25-18(2,3)4/h5-12H,1-4H3. The van der Waals surface area contributed by atoms with E-state index in [1.54, 1.807) is 36.5 Å². The second-order valence-electron chi connectivity index (χ2n) is 6.87. The molecule has 0 aliphatic heterocycles. The number of aromatic nitrogens is 3. The van der Waals surface area contributed by atoms with E-state index >= 15 is 0 Å². The SMILES string of the molecule is Cc1ccc(S(=O)(=O)n2ccc3nc(C=NSC(C)(C)C)cnc32)cc1. The van der Waals surface area contributed by atoms with Gasteiger partial charge >= 0.3 is 0 Å². The van der Waals surface area contributed by atoms with Gasteiger partial charge in [0.25, 0.3) is 10.0 Å². The van der Waals surface area contributed by atoms with Crippen LogP contribution < -0.4 is 0 Å². The van der Waals surface area contributed by atoms with Crippen molar-refractivity contribution in [3.05, 3.63) is 54.0 Å². The normalized spacial score (nSPS) is 12.9. The molecule has 26 heavy (non-hydrogen) atoms. The van der Waals surface area contributed by atoms with E-state index in [9.17, 15) is 8.42 Å². The lowest BCUT2D eigenvalue weighted by Gasteiger charge is -2.11. The summed E-state index contributed by atoms with van der Waals surface area (Å²) in [4.78, 5) is 8.93. The van der Waals surface area contributed by atoms with Crippen molar-refractivity contribution in [3.8, 4) is 0 Å². The highest BCUT2D eigenvalue weighted by atomic mass is 32.2. The van der Waals surface area contributed by atoms with Gasteiger partial charge in [-0.3, -0.25) is 0 Å². The van der Waals surface area contributed by atoms with Crippen LogP contribution in [0.1, 0.15) is 32.0 Å². The summed E-state index contributed by atoms with van der Waals surface area (Å²) in [7, 11) is -3.71. The van der Waals surface area contributed by atoms with Crippen molar-refractivity contribution in [2.45, 2.75) is 37.3 Å². The van der Waals surface area contributed by atoms with Crippen molar-refractivity contribution in [3.63, 3.8) is 0 Å². The van der Waals surface area contributed by atoms with Crippen molar-refractivity contribution in [1.29, 1.82) is 0 Å². The van der Waals surface area contributed by atoms with E-state index in [2.05, 4.69) is 35.1 Å². The molecule has 0 N–H and O–H groups in total. The number of rotatable bonds is 4. The van der Waals surface area contributed by atoms with Gasteiger partial charge in [0.2, 0.25) is 0 Å². The van der Waals surface area contributed by atoms with Gasteiger partial charge in [-0.05, 0) is 57.8 Å². The van der Waals surface area contributed by atoms with Crippen LogP contribution in [-0.4, -0.2) is 33.3 Å². The van der Waals surface area contributed by atoms with Gasteiger partial charge in [0.05, 0.1) is 17.3 Å². The fourth-order valence-corrected chi connectivity index (χ4v) is 3.99. The smallest absolute Gasteiger partial charge is 0.242 e. The van der Waals surface area contributed by atoms with Crippen molar-refractivity contribution >= 4 is 39.3 Å². The average molecular weight is 389 g/mol. The Hall–Kier alpha value is -2.19. The van der Waals surface area contributed by atoms with Gasteiger partial charge in [0, 0.05) is 10.9 Å². The molecule has 0 aliphatic rings. The third-order valence-corrected chi connectivity index (χ3v) is 5.90. The molecular weight excluding hydrogens is 368 g/mol. The van der Waals surface area contributed by atoms with Crippen LogP contribution in [0.2, 0.25) is 0 Å². The topological polar surface area (TPSA) is 77.2 Å². The molecule has 1 aromatic carbocycles. The van der Waals surface area contributed by atoms with Gasteiger partial charge < -0.3 is 0 Å². The third-order valence-electron chi connectivity index (χ3n) is 3.46. The molecule has 0 fully saturated rings. The predicted octanol–water partition coefficient (Wildman–Crippen LogP) is 3.84. The summed E-state index contributed by atoms with van der Waals surface area (Å²) in [5, 5.41) is 0. The molecule has 3 aromatic rings. The quantitative estimate of drug-likeness (QED) is 0.501. The summed E-state index contributed by atoms with van der Waals surface area (Å²) in [6.45, 7) is 8.12. The van der Waals surface area contributed by atoms with Gasteiger partial charge in [-0.2, -0.15) is 0 Å². The second-order valence-corrected chi connectivity index (χ2v) is 10.3. The largest absolute Gasteiger partial charge is 0.269 e. The fourth-order valence-electron chi connectivity index (χ4n) is 2.22. The molecule has 2 heterocycles. The lowest BCUT2D eigenvalue weighted by molar-refractivity contribution is 0.588. The lowest BCUT2D eigenvalue weighted by atomic mass is 10.2. The molecule has 8 heteroatoms. The Kier molecular flexibility index (Phi) is 4.90. The Morgan fingerprint density at radius 2 is 1.85 bits per heavy atom. The summed E-state index contributed by atoms with van der Waals surface area (Å²) in [5.41, 5.74) is 2.38. The van der Waals surface area contributed by atoms with Gasteiger partial charge in [0.1, 0.15) is 11.2 Å². The van der Waals surface area contributed by atoms with E-state index in [4.69, 9.17) is 0 Å². The zero-order chi connectivity index (χ0) is 18.9. The van der Waals surface area contributed by atoms with E-state index in [1.165, 1.54) is 24.3 Å². The Labute approximate surface area is 157 Å². The zero-order valence-electron chi connectivity index (χ0n) is 15.0. The summed E-state index contributed by atoms with van der Waals surface area (Å²) < 4.78 is 31.2. The van der Waals surface area contributed by atoms with Gasteiger partial charge in [-0.25, -0.2) is 26.8 Å². The molecule has 0 atom stereocenters. The predicted molar refractivity (Wildman–Crippen MR) is 106 cm³/mol. The van der Waals surface area contributed by atoms with Crippen LogP contribution in [0.15, 0.2) is 52.0 Å². The first-order valence-corrected chi connectivity index (χ1v) is 10.3. The van der Waals surface area contributed by atoms with Gasteiger partial charge in [-0.1, -0.05) is 17.7 Å². The summed E-state index contributed by atoms with van der Waals surface area (Å²) in [6, 6.07) is 8.36. The van der Waals surface area contributed by atoms with Gasteiger partial charge in [-0.15, -0.1) is 0 Å². The minimum Gasteiger partial charge on any atom is -0.242 e. The van der Waals surface area contributed by atoms with Crippen LogP contribution in [-0.2, 0) is 10.0 Å². The minimum atomic E-state index is -3.71. The van der Waals surface area contributed by atoms with Crippen LogP contribution in [0, 0.1) is 6.92 Å². The maximum atomic E-state index is 12.9. The van der Waals surface area contributed by atoms with Crippen molar-refractivity contribution < 1.29 is 8.42 Å². The average Bonchev–Trinajstić information content (AvgIpc) is 2.98. The number of hydrogen-bond acceptors (Lipinski definition) is 6. The third kappa shape index (κ3) is 3.96. The maximum Gasteiger partial charge on any atom is 0.269 e. The molecule has 0 spiro atoms. The highest BCUT2D eigenvalue weighted by molar-refractivity contribution is 7.99. The summed E-state index contributed by atoms with van der Waals surface area (Å²) >= 11 is 1.44. The number of aryl methyl sites for hydroxylation is 1. The first-order valence-electron chi connectivity index (χ1n) is 8.05. The highest BCUT2D eigenvalue weighted by Gasteiger charge is 2.20. The van der Waals surface area contributed by atoms with Crippen LogP contribution in [0.4, 0.5) is 0 Å². The molecule has 0 radical (unpaired) electrons. The summed E-state index contributed by atoms with van der Waals surface area (Å²) in [5.74, 6) is 0. The number of hydrogen-bond donors (Lipinski definition) is 0. The first-order chi connectivity index (χ1) is 12.2. The van der Waals surface area contributed by atoms with E-state index in [0.29, 0.717) is 16.9 Å². The summed E-state index contributed by atoms with van der Waals surface area (Å²) in [6.07, 6.45) is 4.63. The Morgan fingerprint density at radius 3 is 2.50 bits per heavy atom. The highest BCUT2D eigenvalue weighted by Crippen LogP contribution is 2.24. The van der Waals surface area contributed by atoms with Crippen LogP contribution in [0.5, 0.6) is 0 Å². The Morgan fingerprint density at radius 1 is 1.15 bits per heavy atom. The molecule has 0 bridgehead atoms.